The summed E-state index contributed by atoms with van der Waals surface area (Å²) in [4.78, 5) is 0. The quantitative estimate of drug-likeness (QED) is 0.775. The van der Waals surface area contributed by atoms with Gasteiger partial charge in [-0.15, -0.1) is 6.58 Å². The number of halogens is 2. The second kappa shape index (κ2) is 3.72. The zero-order chi connectivity index (χ0) is 9.14. The summed E-state index contributed by atoms with van der Waals surface area (Å²) >= 11 is 2.94. The van der Waals surface area contributed by atoms with E-state index in [-0.39, 0.29) is 10.2 Å². The van der Waals surface area contributed by atoms with E-state index in [0.717, 1.165) is 0 Å². The molecular weight excluding hydrogens is 223 g/mol. The molecule has 64 valence electrons. The van der Waals surface area contributed by atoms with Gasteiger partial charge in [0.05, 0.1) is 4.47 Å². The number of phenols is 1. The van der Waals surface area contributed by atoms with Gasteiger partial charge in [-0.2, -0.15) is 0 Å². The summed E-state index contributed by atoms with van der Waals surface area (Å²) in [5, 5.41) is 9.37. The largest absolute Gasteiger partial charge is 0.506 e. The van der Waals surface area contributed by atoms with Crippen LogP contribution in [0.25, 0.3) is 0 Å². The van der Waals surface area contributed by atoms with E-state index in [9.17, 15) is 9.50 Å². The summed E-state index contributed by atoms with van der Waals surface area (Å²) in [5.41, 5.74) is 0.665. The highest BCUT2D eigenvalue weighted by molar-refractivity contribution is 9.10. The van der Waals surface area contributed by atoms with Crippen molar-refractivity contribution < 1.29 is 9.50 Å². The van der Waals surface area contributed by atoms with Crippen molar-refractivity contribution in [2.24, 2.45) is 0 Å². The number of benzene rings is 1. The monoisotopic (exact) mass is 230 g/mol. The maximum atomic E-state index is 12.8. The van der Waals surface area contributed by atoms with Crippen LogP contribution in [0.4, 0.5) is 4.39 Å². The van der Waals surface area contributed by atoms with Gasteiger partial charge in [-0.3, -0.25) is 0 Å². The molecule has 1 nitrogen and oxygen atoms in total. The van der Waals surface area contributed by atoms with Crippen molar-refractivity contribution in [3.05, 3.63) is 40.6 Å². The summed E-state index contributed by atoms with van der Waals surface area (Å²) in [6, 6.07) is 2.85. The van der Waals surface area contributed by atoms with E-state index >= 15 is 0 Å². The molecule has 0 bridgehead atoms. The van der Waals surface area contributed by atoms with E-state index < -0.39 is 5.82 Å². The van der Waals surface area contributed by atoms with Crippen LogP contribution >= 0.6 is 15.9 Å². The fraction of sp³-hybridized carbons (Fsp3) is 0.111. The Bertz CT molecular complexity index is 310. The van der Waals surface area contributed by atoms with Gasteiger partial charge >= 0.3 is 0 Å². The molecule has 0 saturated heterocycles. The van der Waals surface area contributed by atoms with Crippen molar-refractivity contribution in [2.75, 3.05) is 0 Å². The number of allylic oxidation sites excluding steroid dienone is 1. The number of hydrogen-bond donors (Lipinski definition) is 1. The Morgan fingerprint density at radius 3 is 2.83 bits per heavy atom. The smallest absolute Gasteiger partial charge is 0.141 e. The van der Waals surface area contributed by atoms with Gasteiger partial charge in [-0.25, -0.2) is 4.39 Å². The van der Waals surface area contributed by atoms with Crippen LogP contribution in [0, 0.1) is 5.82 Å². The third-order valence-corrected chi connectivity index (χ3v) is 2.27. The molecule has 0 heterocycles. The van der Waals surface area contributed by atoms with Gasteiger partial charge in [-0.05, 0) is 34.0 Å². The van der Waals surface area contributed by atoms with E-state index in [4.69, 9.17) is 0 Å². The van der Waals surface area contributed by atoms with E-state index in [1.807, 2.05) is 0 Å². The molecule has 3 heteroatoms. The second-order valence-corrected chi connectivity index (χ2v) is 3.15. The highest BCUT2D eigenvalue weighted by Crippen LogP contribution is 2.30. The average molecular weight is 231 g/mol. The molecule has 12 heavy (non-hydrogen) atoms. The SMILES string of the molecule is C=CCc1ccc(F)c(Br)c1O. The summed E-state index contributed by atoms with van der Waals surface area (Å²) in [6.07, 6.45) is 2.18. The fourth-order valence-electron chi connectivity index (χ4n) is 0.900. The summed E-state index contributed by atoms with van der Waals surface area (Å²) in [7, 11) is 0. The van der Waals surface area contributed by atoms with Gasteiger partial charge in [0.25, 0.3) is 0 Å². The minimum absolute atomic E-state index is 0.0464. The van der Waals surface area contributed by atoms with E-state index in [0.29, 0.717) is 12.0 Å². The lowest BCUT2D eigenvalue weighted by Crippen LogP contribution is -1.86. The molecule has 1 aromatic carbocycles. The molecule has 1 N–H and O–H groups in total. The predicted molar refractivity (Wildman–Crippen MR) is 49.7 cm³/mol. The van der Waals surface area contributed by atoms with Gasteiger partial charge in [0.1, 0.15) is 11.6 Å². The molecule has 1 rings (SSSR count). The van der Waals surface area contributed by atoms with Gasteiger partial charge in [-0.1, -0.05) is 12.1 Å². The molecule has 0 amide bonds. The van der Waals surface area contributed by atoms with Crippen molar-refractivity contribution in [1.82, 2.24) is 0 Å². The normalized spacial score (nSPS) is 9.83. The van der Waals surface area contributed by atoms with Crippen molar-refractivity contribution in [2.45, 2.75) is 6.42 Å². The van der Waals surface area contributed by atoms with Crippen LogP contribution < -0.4 is 0 Å². The highest BCUT2D eigenvalue weighted by atomic mass is 79.9. The average Bonchev–Trinajstić information content (AvgIpc) is 2.07. The molecule has 0 aliphatic heterocycles. The minimum atomic E-state index is -0.458. The van der Waals surface area contributed by atoms with Crippen molar-refractivity contribution in [3.8, 4) is 5.75 Å². The Morgan fingerprint density at radius 2 is 2.25 bits per heavy atom. The lowest BCUT2D eigenvalue weighted by Gasteiger charge is -2.03. The first kappa shape index (κ1) is 9.26. The molecule has 0 atom stereocenters. The van der Waals surface area contributed by atoms with E-state index in [1.165, 1.54) is 12.1 Å². The molecule has 0 saturated carbocycles. The van der Waals surface area contributed by atoms with Gasteiger partial charge in [0.2, 0.25) is 0 Å². The first-order valence-electron chi connectivity index (χ1n) is 3.43. The highest BCUT2D eigenvalue weighted by Gasteiger charge is 2.08. The van der Waals surface area contributed by atoms with Crippen LogP contribution in [-0.2, 0) is 6.42 Å². The van der Waals surface area contributed by atoms with Crippen molar-refractivity contribution in [3.63, 3.8) is 0 Å². The molecule has 0 aromatic heterocycles. The van der Waals surface area contributed by atoms with Crippen LogP contribution in [0.5, 0.6) is 5.75 Å². The summed E-state index contributed by atoms with van der Waals surface area (Å²) < 4.78 is 12.9. The van der Waals surface area contributed by atoms with E-state index in [2.05, 4.69) is 22.5 Å². The van der Waals surface area contributed by atoms with E-state index in [1.54, 1.807) is 6.08 Å². The van der Waals surface area contributed by atoms with Crippen LogP contribution in [0.2, 0.25) is 0 Å². The number of rotatable bonds is 2. The van der Waals surface area contributed by atoms with Gasteiger partial charge in [0.15, 0.2) is 0 Å². The van der Waals surface area contributed by atoms with Crippen LogP contribution in [0.3, 0.4) is 0 Å². The molecule has 0 aliphatic carbocycles. The third kappa shape index (κ3) is 1.67. The maximum absolute atomic E-state index is 12.8. The Kier molecular flexibility index (Phi) is 2.87. The van der Waals surface area contributed by atoms with Crippen LogP contribution in [0.15, 0.2) is 29.3 Å². The number of phenolic OH excluding ortho intramolecular Hbond substituents is 1. The molecule has 0 aliphatic rings. The molecule has 0 radical (unpaired) electrons. The second-order valence-electron chi connectivity index (χ2n) is 2.36. The first-order chi connectivity index (χ1) is 5.66. The Hall–Kier alpha value is -0.830. The Balaban J connectivity index is 3.16. The zero-order valence-electron chi connectivity index (χ0n) is 6.35. The molecule has 0 spiro atoms. The topological polar surface area (TPSA) is 20.2 Å². The van der Waals surface area contributed by atoms with Gasteiger partial charge < -0.3 is 5.11 Å². The standard InChI is InChI=1S/C9H8BrFO/c1-2-3-6-4-5-7(11)8(10)9(6)12/h2,4-5,12H,1,3H2. The lowest BCUT2D eigenvalue weighted by atomic mass is 10.1. The number of hydrogen-bond acceptors (Lipinski definition) is 1. The van der Waals surface area contributed by atoms with Crippen molar-refractivity contribution in [1.29, 1.82) is 0 Å². The molecule has 0 unspecified atom stereocenters. The van der Waals surface area contributed by atoms with Crippen LogP contribution in [-0.4, -0.2) is 5.11 Å². The zero-order valence-corrected chi connectivity index (χ0v) is 7.94. The first-order valence-corrected chi connectivity index (χ1v) is 4.23. The van der Waals surface area contributed by atoms with Crippen molar-refractivity contribution >= 4 is 15.9 Å². The van der Waals surface area contributed by atoms with Crippen LogP contribution in [0.1, 0.15) is 5.56 Å². The molecule has 0 fully saturated rings. The lowest BCUT2D eigenvalue weighted by molar-refractivity contribution is 0.458. The maximum Gasteiger partial charge on any atom is 0.141 e. The third-order valence-electron chi connectivity index (χ3n) is 1.52. The Morgan fingerprint density at radius 1 is 1.58 bits per heavy atom. The summed E-state index contributed by atoms with van der Waals surface area (Å²) in [5.74, 6) is -0.504. The fourth-order valence-corrected chi connectivity index (χ4v) is 1.29. The predicted octanol–water partition coefficient (Wildman–Crippen LogP) is 3.02. The summed E-state index contributed by atoms with van der Waals surface area (Å²) in [6.45, 7) is 3.53. The Labute approximate surface area is 78.7 Å². The minimum Gasteiger partial charge on any atom is -0.506 e. The number of aromatic hydroxyl groups is 1. The molecular formula is C9H8BrFO. The molecule has 1 aromatic rings. The van der Waals surface area contributed by atoms with Gasteiger partial charge in [0, 0.05) is 0 Å².